The zero-order valence-electron chi connectivity index (χ0n) is 2.65. The third kappa shape index (κ3) is 0.304. The molecular weight excluding hydrogens is 64.0 g/mol. The van der Waals surface area contributed by atoms with Crippen LogP contribution >= 0.6 is 0 Å². The molecule has 0 bridgehead atoms. The van der Waals surface area contributed by atoms with Gasteiger partial charge in [-0.05, 0) is 0 Å². The zero-order valence-corrected chi connectivity index (χ0v) is 2.65. The first kappa shape index (κ1) is 2.85. The Kier molecular flexibility index (Phi) is 0.451. The van der Waals surface area contributed by atoms with Crippen LogP contribution in [-0.4, -0.2) is 5.71 Å². The molecule has 2 radical (unpaired) electrons. The van der Waals surface area contributed by atoms with Crippen LogP contribution in [-0.2, 0) is 0 Å². The normalized spacial score (nSPS) is 22.0. The summed E-state index contributed by atoms with van der Waals surface area (Å²) in [6, 6.07) is 0. The summed E-state index contributed by atoms with van der Waals surface area (Å²) in [6.07, 6.45) is 0. The van der Waals surface area contributed by atoms with E-state index < -0.39 is 0 Å². The van der Waals surface area contributed by atoms with Gasteiger partial charge in [-0.1, -0.05) is 0 Å². The lowest BCUT2D eigenvalue weighted by Gasteiger charge is -2.10. The molecule has 0 spiro atoms. The average Bonchev–Trinajstić information content (AvgIpc) is 1.30. The molecule has 0 amide bonds. The summed E-state index contributed by atoms with van der Waals surface area (Å²) in [6.45, 7) is 3.25. The quantitative estimate of drug-likeness (QED) is 0.409. The van der Waals surface area contributed by atoms with E-state index in [1.807, 2.05) is 0 Å². The van der Waals surface area contributed by atoms with Crippen LogP contribution in [0.15, 0.2) is 0 Å². The van der Waals surface area contributed by atoms with Gasteiger partial charge >= 0.3 is 0 Å². The third-order valence-electron chi connectivity index (χ3n) is 0.478. The Morgan fingerprint density at radius 2 is 2.00 bits per heavy atom. The summed E-state index contributed by atoms with van der Waals surface area (Å²) in [5, 5.41) is 9.34. The Hall–Kier alpha value is -0.370. The minimum absolute atomic E-state index is 0.574. The van der Waals surface area contributed by atoms with E-state index in [4.69, 9.17) is 5.41 Å². The number of rotatable bonds is 0. The Balaban J connectivity index is 2.32. The Morgan fingerprint density at radius 3 is 2.00 bits per heavy atom. The Bertz CT molecular complexity index is 51.9. The molecule has 1 aliphatic heterocycles. The summed E-state index contributed by atoms with van der Waals surface area (Å²) < 4.78 is 0. The van der Waals surface area contributed by atoms with Gasteiger partial charge in [0, 0.05) is 5.71 Å². The molecule has 1 heterocycles. The van der Waals surface area contributed by atoms with Crippen molar-refractivity contribution in [3.8, 4) is 0 Å². The minimum atomic E-state index is 0.574. The third-order valence-corrected chi connectivity index (χ3v) is 0.478. The van der Waals surface area contributed by atoms with E-state index in [9.17, 15) is 0 Å². The maximum absolute atomic E-state index is 6.66. The molecule has 2 N–H and O–H groups in total. The summed E-state index contributed by atoms with van der Waals surface area (Å²) in [5.41, 5.74) is 0.574. The van der Waals surface area contributed by atoms with E-state index in [-0.39, 0.29) is 0 Å². The van der Waals surface area contributed by atoms with Crippen LogP contribution in [0.1, 0.15) is 0 Å². The zero-order chi connectivity index (χ0) is 3.70. The van der Waals surface area contributed by atoms with Crippen molar-refractivity contribution in [3.63, 3.8) is 0 Å². The topological polar surface area (TPSA) is 35.9 Å². The van der Waals surface area contributed by atoms with E-state index >= 15 is 0 Å². The molecule has 1 saturated heterocycles. The molecule has 26 valence electrons. The molecule has 5 heavy (non-hydrogen) atoms. The number of hydrogen-bond donors (Lipinski definition) is 2. The van der Waals surface area contributed by atoms with Crippen molar-refractivity contribution < 1.29 is 0 Å². The molecule has 0 aromatic carbocycles. The predicted octanol–water partition coefficient (Wildman–Crippen LogP) is -0.0670. The Labute approximate surface area is 30.7 Å². The molecule has 0 atom stereocenters. The lowest BCUT2D eigenvalue weighted by atomic mass is 10.3. The lowest BCUT2D eigenvalue weighted by molar-refractivity contribution is 0.979. The van der Waals surface area contributed by atoms with Crippen molar-refractivity contribution in [1.82, 2.24) is 5.32 Å². The van der Waals surface area contributed by atoms with E-state index in [1.165, 1.54) is 0 Å². The summed E-state index contributed by atoms with van der Waals surface area (Å²) in [5.74, 6) is 0. The van der Waals surface area contributed by atoms with Crippen LogP contribution in [0.2, 0.25) is 0 Å². The fourth-order valence-electron chi connectivity index (χ4n) is 0.167. The van der Waals surface area contributed by atoms with Crippen LogP contribution in [0.5, 0.6) is 0 Å². The molecule has 2 heteroatoms. The first-order valence-electron chi connectivity index (χ1n) is 1.40. The summed E-state index contributed by atoms with van der Waals surface area (Å²) in [4.78, 5) is 0. The van der Waals surface area contributed by atoms with Crippen molar-refractivity contribution in [2.75, 3.05) is 0 Å². The molecule has 0 aliphatic carbocycles. The van der Waals surface area contributed by atoms with E-state index in [1.54, 1.807) is 13.1 Å². The molecular formula is C3H4N2. The van der Waals surface area contributed by atoms with Gasteiger partial charge in [-0.25, -0.2) is 0 Å². The molecule has 1 fully saturated rings. The van der Waals surface area contributed by atoms with Crippen molar-refractivity contribution >= 4 is 5.71 Å². The SMILES string of the molecule is N=C1[CH]N[CH]1. The van der Waals surface area contributed by atoms with Gasteiger partial charge < -0.3 is 5.41 Å². The summed E-state index contributed by atoms with van der Waals surface area (Å²) >= 11 is 0. The van der Waals surface area contributed by atoms with Crippen LogP contribution in [0.4, 0.5) is 0 Å². The van der Waals surface area contributed by atoms with Gasteiger partial charge in [0.15, 0.2) is 0 Å². The van der Waals surface area contributed by atoms with Crippen LogP contribution in [0.3, 0.4) is 0 Å². The highest BCUT2D eigenvalue weighted by Crippen LogP contribution is 1.90. The van der Waals surface area contributed by atoms with E-state index in [2.05, 4.69) is 5.32 Å². The highest BCUT2D eigenvalue weighted by molar-refractivity contribution is 6.01. The smallest absolute Gasteiger partial charge is 0.0681 e. The number of hydrogen-bond acceptors (Lipinski definition) is 2. The lowest BCUT2D eigenvalue weighted by Crippen LogP contribution is -2.29. The van der Waals surface area contributed by atoms with Gasteiger partial charge in [-0.15, -0.1) is 0 Å². The highest BCUT2D eigenvalue weighted by Gasteiger charge is 2.04. The molecule has 0 unspecified atom stereocenters. The van der Waals surface area contributed by atoms with Crippen LogP contribution in [0, 0.1) is 18.5 Å². The Morgan fingerprint density at radius 1 is 1.60 bits per heavy atom. The molecule has 2 nitrogen and oxygen atoms in total. The largest absolute Gasteiger partial charge is 0.306 e. The second-order valence-electron chi connectivity index (χ2n) is 0.911. The van der Waals surface area contributed by atoms with Crippen LogP contribution in [0.25, 0.3) is 0 Å². The minimum Gasteiger partial charge on any atom is -0.306 e. The second kappa shape index (κ2) is 0.792. The molecule has 1 rings (SSSR count). The van der Waals surface area contributed by atoms with Gasteiger partial charge in [0.2, 0.25) is 0 Å². The van der Waals surface area contributed by atoms with Gasteiger partial charge in [-0.3, -0.25) is 5.32 Å². The van der Waals surface area contributed by atoms with Crippen molar-refractivity contribution in [1.29, 1.82) is 5.41 Å². The molecule has 0 aromatic heterocycles. The first-order chi connectivity index (χ1) is 2.39. The van der Waals surface area contributed by atoms with Crippen molar-refractivity contribution in [2.45, 2.75) is 0 Å². The van der Waals surface area contributed by atoms with Gasteiger partial charge in [0.05, 0.1) is 13.1 Å². The average molecular weight is 68.1 g/mol. The molecule has 1 aliphatic rings. The molecule has 0 saturated carbocycles. The number of nitrogens with one attached hydrogen (secondary N) is 2. The highest BCUT2D eigenvalue weighted by atomic mass is 15.0. The standard InChI is InChI=1S/C3H4N2/c4-3-1-5-2-3/h1-2,4-5H. The fourth-order valence-corrected chi connectivity index (χ4v) is 0.167. The predicted molar refractivity (Wildman–Crippen MR) is 19.5 cm³/mol. The van der Waals surface area contributed by atoms with E-state index in [0.29, 0.717) is 5.71 Å². The molecule has 0 aromatic rings. The second-order valence-corrected chi connectivity index (χ2v) is 0.911. The first-order valence-corrected chi connectivity index (χ1v) is 1.40. The van der Waals surface area contributed by atoms with Gasteiger partial charge in [0.25, 0.3) is 0 Å². The maximum atomic E-state index is 6.66. The van der Waals surface area contributed by atoms with E-state index in [0.717, 1.165) is 0 Å². The van der Waals surface area contributed by atoms with Crippen LogP contribution < -0.4 is 5.32 Å². The summed E-state index contributed by atoms with van der Waals surface area (Å²) in [7, 11) is 0. The van der Waals surface area contributed by atoms with Gasteiger partial charge in [-0.2, -0.15) is 0 Å². The van der Waals surface area contributed by atoms with Gasteiger partial charge in [0.1, 0.15) is 0 Å². The maximum Gasteiger partial charge on any atom is 0.0681 e. The monoisotopic (exact) mass is 68.0 g/mol. The van der Waals surface area contributed by atoms with Crippen molar-refractivity contribution in [3.05, 3.63) is 13.1 Å². The van der Waals surface area contributed by atoms with Crippen molar-refractivity contribution in [2.24, 2.45) is 0 Å². The fraction of sp³-hybridized carbons (Fsp3) is 0.